The van der Waals surface area contributed by atoms with Gasteiger partial charge in [-0.25, -0.2) is 4.79 Å². The number of amides is 3. The second-order valence-electron chi connectivity index (χ2n) is 6.62. The molecule has 2 rings (SSSR count). The van der Waals surface area contributed by atoms with E-state index < -0.39 is 6.03 Å². The van der Waals surface area contributed by atoms with E-state index in [4.69, 9.17) is 5.73 Å². The predicted molar refractivity (Wildman–Crippen MR) is 88.5 cm³/mol. The summed E-state index contributed by atoms with van der Waals surface area (Å²) in [4.78, 5) is 23.2. The molecule has 0 spiro atoms. The molecule has 0 saturated heterocycles. The molecule has 0 heterocycles. The number of rotatable bonds is 4. The molecule has 4 N–H and O–H groups in total. The molecule has 0 bridgehead atoms. The number of hydrogen-bond acceptors (Lipinski definition) is 2. The Kier molecular flexibility index (Phi) is 4.26. The van der Waals surface area contributed by atoms with E-state index in [2.05, 4.69) is 30.6 Å². The first-order valence-electron chi connectivity index (χ1n) is 7.34. The van der Waals surface area contributed by atoms with Gasteiger partial charge >= 0.3 is 6.03 Å². The van der Waals surface area contributed by atoms with Crippen molar-refractivity contribution in [2.24, 2.45) is 23.0 Å². The summed E-state index contributed by atoms with van der Waals surface area (Å²) in [5, 5.41) is 5.41. The van der Waals surface area contributed by atoms with Crippen LogP contribution in [0.1, 0.15) is 27.7 Å². The molecule has 0 aromatic heterocycles. The zero-order valence-corrected chi connectivity index (χ0v) is 13.4. The van der Waals surface area contributed by atoms with Crippen LogP contribution in [0.2, 0.25) is 0 Å². The third kappa shape index (κ3) is 3.47. The number of allylic oxidation sites excluding steroid dienone is 2. The molecule has 5 nitrogen and oxygen atoms in total. The minimum Gasteiger partial charge on any atom is -0.351 e. The van der Waals surface area contributed by atoms with Crippen molar-refractivity contribution in [1.82, 2.24) is 0 Å². The average Bonchev–Trinajstić information content (AvgIpc) is 2.91. The number of carbonyl (C=O) groups excluding carboxylic acids is 2. The third-order valence-corrected chi connectivity index (χ3v) is 4.13. The Morgan fingerprint density at radius 2 is 1.59 bits per heavy atom. The molecule has 1 aliphatic carbocycles. The van der Waals surface area contributed by atoms with E-state index in [0.29, 0.717) is 11.4 Å². The van der Waals surface area contributed by atoms with E-state index in [1.54, 1.807) is 24.3 Å². The molecule has 1 fully saturated rings. The van der Waals surface area contributed by atoms with Crippen molar-refractivity contribution in [1.29, 1.82) is 0 Å². The molecule has 0 aliphatic heterocycles. The molecule has 1 saturated carbocycles. The first kappa shape index (κ1) is 16.1. The average molecular weight is 301 g/mol. The molecule has 3 amide bonds. The number of nitrogens with two attached hydrogens (primary N) is 1. The predicted octanol–water partition coefficient (Wildman–Crippen LogP) is 3.35. The number of nitrogens with one attached hydrogen (secondary N) is 2. The largest absolute Gasteiger partial charge is 0.351 e. The Morgan fingerprint density at radius 3 is 2.05 bits per heavy atom. The first-order valence-corrected chi connectivity index (χ1v) is 7.34. The number of primary amides is 1. The van der Waals surface area contributed by atoms with Gasteiger partial charge < -0.3 is 16.4 Å². The summed E-state index contributed by atoms with van der Waals surface area (Å²) in [5.41, 5.74) is 7.58. The number of anilines is 2. The molecule has 1 aromatic carbocycles. The lowest BCUT2D eigenvalue weighted by Gasteiger charge is -2.07. The lowest BCUT2D eigenvalue weighted by Crippen LogP contribution is -2.19. The summed E-state index contributed by atoms with van der Waals surface area (Å²) >= 11 is 0. The number of urea groups is 1. The van der Waals surface area contributed by atoms with Crippen LogP contribution in [0.5, 0.6) is 0 Å². The molecular formula is C17H23N3O2. The maximum Gasteiger partial charge on any atom is 0.316 e. The van der Waals surface area contributed by atoms with Crippen molar-refractivity contribution < 1.29 is 9.59 Å². The van der Waals surface area contributed by atoms with Crippen molar-refractivity contribution in [2.45, 2.75) is 27.7 Å². The van der Waals surface area contributed by atoms with Crippen LogP contribution in [0, 0.1) is 17.3 Å². The van der Waals surface area contributed by atoms with Gasteiger partial charge in [-0.3, -0.25) is 4.79 Å². The monoisotopic (exact) mass is 301 g/mol. The molecule has 1 aromatic rings. The van der Waals surface area contributed by atoms with Crippen molar-refractivity contribution >= 4 is 23.3 Å². The molecule has 0 radical (unpaired) electrons. The van der Waals surface area contributed by atoms with E-state index >= 15 is 0 Å². The van der Waals surface area contributed by atoms with Crippen molar-refractivity contribution in [2.75, 3.05) is 10.6 Å². The molecule has 2 unspecified atom stereocenters. The summed E-state index contributed by atoms with van der Waals surface area (Å²) in [7, 11) is 0. The van der Waals surface area contributed by atoms with Gasteiger partial charge in [0, 0.05) is 11.4 Å². The zero-order valence-electron chi connectivity index (χ0n) is 13.4. The number of carbonyl (C=O) groups is 2. The second-order valence-corrected chi connectivity index (χ2v) is 6.62. The summed E-state index contributed by atoms with van der Waals surface area (Å²) in [6.45, 7) is 8.32. The summed E-state index contributed by atoms with van der Waals surface area (Å²) in [6, 6.07) is 6.28. The quantitative estimate of drug-likeness (QED) is 0.745. The van der Waals surface area contributed by atoms with Gasteiger partial charge in [0.25, 0.3) is 0 Å². The van der Waals surface area contributed by atoms with Crippen LogP contribution in [0.4, 0.5) is 16.2 Å². The van der Waals surface area contributed by atoms with Gasteiger partial charge in [-0.1, -0.05) is 25.5 Å². The summed E-state index contributed by atoms with van der Waals surface area (Å²) in [6.07, 6.45) is 2.17. The van der Waals surface area contributed by atoms with Gasteiger partial charge in [0.2, 0.25) is 5.91 Å². The van der Waals surface area contributed by atoms with Crippen LogP contribution in [0.25, 0.3) is 0 Å². The van der Waals surface area contributed by atoms with E-state index in [1.807, 2.05) is 13.8 Å². The highest BCUT2D eigenvalue weighted by Crippen LogP contribution is 2.59. The van der Waals surface area contributed by atoms with Gasteiger partial charge in [-0.15, -0.1) is 0 Å². The molecular weight excluding hydrogens is 278 g/mol. The van der Waals surface area contributed by atoms with Crippen molar-refractivity contribution in [3.63, 3.8) is 0 Å². The van der Waals surface area contributed by atoms with Gasteiger partial charge in [-0.05, 0) is 49.4 Å². The minimum absolute atomic E-state index is 0.00514. The topological polar surface area (TPSA) is 84.2 Å². The van der Waals surface area contributed by atoms with Crippen molar-refractivity contribution in [3.05, 3.63) is 35.9 Å². The van der Waals surface area contributed by atoms with Crippen LogP contribution in [-0.4, -0.2) is 11.9 Å². The highest BCUT2D eigenvalue weighted by molar-refractivity contribution is 5.96. The second kappa shape index (κ2) is 5.83. The number of hydrogen-bond donors (Lipinski definition) is 3. The van der Waals surface area contributed by atoms with E-state index in [0.717, 1.165) is 0 Å². The third-order valence-electron chi connectivity index (χ3n) is 4.13. The van der Waals surface area contributed by atoms with Gasteiger partial charge in [0.05, 0.1) is 5.92 Å². The van der Waals surface area contributed by atoms with Crippen LogP contribution in [-0.2, 0) is 4.79 Å². The Balaban J connectivity index is 2.01. The highest BCUT2D eigenvalue weighted by Gasteiger charge is 2.60. The summed E-state index contributed by atoms with van der Waals surface area (Å²) in [5.74, 6) is 0.308. The fourth-order valence-electron chi connectivity index (χ4n) is 2.85. The minimum atomic E-state index is -0.610. The fourth-order valence-corrected chi connectivity index (χ4v) is 2.85. The van der Waals surface area contributed by atoms with Gasteiger partial charge in [-0.2, -0.15) is 0 Å². The van der Waals surface area contributed by atoms with E-state index in [9.17, 15) is 9.59 Å². The van der Waals surface area contributed by atoms with Crippen LogP contribution in [0.3, 0.4) is 0 Å². The molecule has 1 aliphatic rings. The fraction of sp³-hybridized carbons (Fsp3) is 0.412. The molecule has 118 valence electrons. The Bertz CT molecular complexity index is 613. The van der Waals surface area contributed by atoms with Crippen molar-refractivity contribution in [3.8, 4) is 0 Å². The van der Waals surface area contributed by atoms with Gasteiger partial charge in [0.1, 0.15) is 0 Å². The van der Waals surface area contributed by atoms with E-state index in [-0.39, 0.29) is 23.2 Å². The Hall–Kier alpha value is -2.30. The lowest BCUT2D eigenvalue weighted by molar-refractivity contribution is -0.118. The Labute approximate surface area is 131 Å². The van der Waals surface area contributed by atoms with Gasteiger partial charge in [0.15, 0.2) is 0 Å². The maximum absolute atomic E-state index is 12.4. The summed E-state index contributed by atoms with van der Waals surface area (Å²) < 4.78 is 0. The van der Waals surface area contributed by atoms with Crippen LogP contribution >= 0.6 is 0 Å². The SMILES string of the molecule is CC(C)=CC1C(C(=O)Nc2ccc(NC(N)=O)cc2)C1(C)C. The molecule has 2 atom stereocenters. The van der Waals surface area contributed by atoms with Crippen LogP contribution in [0.15, 0.2) is 35.9 Å². The Morgan fingerprint density at radius 1 is 1.09 bits per heavy atom. The maximum atomic E-state index is 12.4. The standard InChI is InChI=1S/C17H23N3O2/c1-10(2)9-13-14(17(13,3)4)15(21)19-11-5-7-12(8-6-11)20-16(18)22/h5-9,13-14H,1-4H3,(H,19,21)(H3,18,20,22). The van der Waals surface area contributed by atoms with Crippen LogP contribution < -0.4 is 16.4 Å². The normalized spacial score (nSPS) is 21.6. The lowest BCUT2D eigenvalue weighted by atomic mass is 10.1. The highest BCUT2D eigenvalue weighted by atomic mass is 16.2. The number of benzene rings is 1. The zero-order chi connectivity index (χ0) is 16.5. The molecule has 5 heteroatoms. The molecule has 22 heavy (non-hydrogen) atoms. The smallest absolute Gasteiger partial charge is 0.316 e. The van der Waals surface area contributed by atoms with E-state index in [1.165, 1.54) is 5.57 Å². The first-order chi connectivity index (χ1) is 10.2.